The molecule has 1 heterocycles. The molecule has 0 radical (unpaired) electrons. The minimum Gasteiger partial charge on any atom is -0.364 e. The molecule has 0 amide bonds. The zero-order valence-electron chi connectivity index (χ0n) is 9.86. The van der Waals surface area contributed by atoms with Crippen molar-refractivity contribution in [1.29, 1.82) is 0 Å². The summed E-state index contributed by atoms with van der Waals surface area (Å²) in [5.41, 5.74) is 1.15. The summed E-state index contributed by atoms with van der Waals surface area (Å²) in [7, 11) is 0. The van der Waals surface area contributed by atoms with Gasteiger partial charge in [-0.15, -0.1) is 0 Å². The van der Waals surface area contributed by atoms with Gasteiger partial charge in [0, 0.05) is 18.2 Å². The molecule has 1 aromatic heterocycles. The lowest BCUT2D eigenvalue weighted by Gasteiger charge is -2.28. The molecule has 3 rings (SSSR count). The van der Waals surface area contributed by atoms with Gasteiger partial charge < -0.3 is 9.84 Å². The van der Waals surface area contributed by atoms with Gasteiger partial charge in [0.25, 0.3) is 0 Å². The molecule has 88 valence electrons. The first kappa shape index (κ1) is 10.3. The zero-order valence-corrected chi connectivity index (χ0v) is 9.86. The third-order valence-corrected chi connectivity index (χ3v) is 4.55. The molecule has 1 N–H and O–H groups in total. The Kier molecular flexibility index (Phi) is 2.72. The second-order valence-electron chi connectivity index (χ2n) is 5.54. The number of nitrogens with one attached hydrogen (secondary N) is 1. The summed E-state index contributed by atoms with van der Waals surface area (Å²) in [6.07, 6.45) is 9.40. The van der Waals surface area contributed by atoms with Crippen molar-refractivity contribution in [2.45, 2.75) is 45.2 Å². The number of aromatic nitrogens is 1. The Morgan fingerprint density at radius 2 is 2.44 bits per heavy atom. The van der Waals surface area contributed by atoms with Crippen LogP contribution in [0.4, 0.5) is 0 Å². The maximum absolute atomic E-state index is 4.83. The van der Waals surface area contributed by atoms with E-state index in [2.05, 4.69) is 17.4 Å². The molecule has 2 saturated carbocycles. The Labute approximate surface area is 96.6 Å². The van der Waals surface area contributed by atoms with Gasteiger partial charge >= 0.3 is 0 Å². The summed E-state index contributed by atoms with van der Waals surface area (Å²) in [4.78, 5) is 0. The lowest BCUT2D eigenvalue weighted by molar-refractivity contribution is 0.259. The SMILES string of the molecule is CC(NCc1cnoc1)C1CC2CCC1C2. The molecule has 2 aliphatic rings. The van der Waals surface area contributed by atoms with Gasteiger partial charge in [-0.2, -0.15) is 0 Å². The first-order valence-electron chi connectivity index (χ1n) is 6.44. The molecule has 4 unspecified atom stereocenters. The Morgan fingerprint density at radius 1 is 1.50 bits per heavy atom. The van der Waals surface area contributed by atoms with Gasteiger partial charge in [-0.1, -0.05) is 11.6 Å². The Morgan fingerprint density at radius 3 is 3.06 bits per heavy atom. The third kappa shape index (κ3) is 1.88. The molecule has 0 aromatic carbocycles. The van der Waals surface area contributed by atoms with Crippen molar-refractivity contribution in [2.75, 3.05) is 0 Å². The molecule has 0 aliphatic heterocycles. The highest BCUT2D eigenvalue weighted by molar-refractivity contribution is 5.01. The minimum atomic E-state index is 0.630. The van der Waals surface area contributed by atoms with E-state index in [-0.39, 0.29) is 0 Å². The predicted octanol–water partition coefficient (Wildman–Crippen LogP) is 2.59. The van der Waals surface area contributed by atoms with Crippen LogP contribution in [0.25, 0.3) is 0 Å². The molecule has 2 fully saturated rings. The fourth-order valence-electron chi connectivity index (χ4n) is 3.65. The van der Waals surface area contributed by atoms with Crippen LogP contribution < -0.4 is 5.32 Å². The fourth-order valence-corrected chi connectivity index (χ4v) is 3.65. The summed E-state index contributed by atoms with van der Waals surface area (Å²) in [5.74, 6) is 2.93. The van der Waals surface area contributed by atoms with E-state index in [9.17, 15) is 0 Å². The van der Waals surface area contributed by atoms with Crippen LogP contribution in [0.3, 0.4) is 0 Å². The largest absolute Gasteiger partial charge is 0.364 e. The molecule has 2 aliphatic carbocycles. The standard InChI is InChI=1S/C13H20N2O/c1-9(14-6-11-7-15-16-8-11)13-5-10-2-3-12(13)4-10/h7-10,12-14H,2-6H2,1H3. The lowest BCUT2D eigenvalue weighted by atomic mass is 9.84. The Balaban J connectivity index is 1.52. The van der Waals surface area contributed by atoms with Crippen LogP contribution in [0.15, 0.2) is 17.0 Å². The maximum atomic E-state index is 4.83. The highest BCUT2D eigenvalue weighted by Gasteiger charge is 2.41. The number of fused-ring (bicyclic) bond motifs is 2. The average molecular weight is 220 g/mol. The second-order valence-corrected chi connectivity index (χ2v) is 5.54. The van der Waals surface area contributed by atoms with Crippen LogP contribution in [0.2, 0.25) is 0 Å². The van der Waals surface area contributed by atoms with Crippen molar-refractivity contribution in [3.05, 3.63) is 18.0 Å². The summed E-state index contributed by atoms with van der Waals surface area (Å²) in [5, 5.41) is 7.33. The molecule has 3 heteroatoms. The van der Waals surface area contributed by atoms with Crippen molar-refractivity contribution < 1.29 is 4.52 Å². The van der Waals surface area contributed by atoms with E-state index in [1.54, 1.807) is 12.5 Å². The van der Waals surface area contributed by atoms with Gasteiger partial charge in [0.15, 0.2) is 0 Å². The van der Waals surface area contributed by atoms with E-state index in [4.69, 9.17) is 4.52 Å². The van der Waals surface area contributed by atoms with Gasteiger partial charge in [-0.25, -0.2) is 0 Å². The molecule has 0 saturated heterocycles. The van der Waals surface area contributed by atoms with Crippen LogP contribution in [0.5, 0.6) is 0 Å². The summed E-state index contributed by atoms with van der Waals surface area (Å²) < 4.78 is 4.83. The number of rotatable bonds is 4. The van der Waals surface area contributed by atoms with Gasteiger partial charge in [0.05, 0.1) is 6.20 Å². The lowest BCUT2D eigenvalue weighted by Crippen LogP contribution is -2.35. The highest BCUT2D eigenvalue weighted by atomic mass is 16.5. The van der Waals surface area contributed by atoms with Crippen molar-refractivity contribution in [3.63, 3.8) is 0 Å². The Bertz CT molecular complexity index is 336. The molecule has 1 aromatic rings. The number of hydrogen-bond acceptors (Lipinski definition) is 3. The second kappa shape index (κ2) is 4.21. The molecule has 4 atom stereocenters. The summed E-state index contributed by atoms with van der Waals surface area (Å²) in [6.45, 7) is 3.22. The quantitative estimate of drug-likeness (QED) is 0.847. The minimum absolute atomic E-state index is 0.630. The van der Waals surface area contributed by atoms with Gasteiger partial charge in [-0.05, 0) is 43.9 Å². The average Bonchev–Trinajstić information content (AvgIpc) is 3.01. The molecular formula is C13H20N2O. The van der Waals surface area contributed by atoms with E-state index in [1.807, 2.05) is 0 Å². The van der Waals surface area contributed by atoms with Gasteiger partial charge in [0.1, 0.15) is 6.26 Å². The van der Waals surface area contributed by atoms with Crippen LogP contribution in [-0.4, -0.2) is 11.2 Å². The first-order chi connectivity index (χ1) is 7.83. The molecule has 2 bridgehead atoms. The van der Waals surface area contributed by atoms with Crippen molar-refractivity contribution in [1.82, 2.24) is 10.5 Å². The number of nitrogens with zero attached hydrogens (tertiary/aromatic N) is 1. The monoisotopic (exact) mass is 220 g/mol. The van der Waals surface area contributed by atoms with Crippen molar-refractivity contribution >= 4 is 0 Å². The summed E-state index contributed by atoms with van der Waals surface area (Å²) >= 11 is 0. The van der Waals surface area contributed by atoms with E-state index in [0.29, 0.717) is 6.04 Å². The normalized spacial score (nSPS) is 34.4. The van der Waals surface area contributed by atoms with Gasteiger partial charge in [-0.3, -0.25) is 0 Å². The van der Waals surface area contributed by atoms with Crippen LogP contribution in [0.1, 0.15) is 38.2 Å². The molecule has 3 nitrogen and oxygen atoms in total. The van der Waals surface area contributed by atoms with Crippen LogP contribution >= 0.6 is 0 Å². The molecule has 0 spiro atoms. The topological polar surface area (TPSA) is 38.1 Å². The first-order valence-corrected chi connectivity index (χ1v) is 6.44. The van der Waals surface area contributed by atoms with E-state index in [0.717, 1.165) is 29.9 Å². The fraction of sp³-hybridized carbons (Fsp3) is 0.769. The summed E-state index contributed by atoms with van der Waals surface area (Å²) in [6, 6.07) is 0.630. The Hall–Kier alpha value is -0.830. The van der Waals surface area contributed by atoms with Crippen LogP contribution in [-0.2, 0) is 6.54 Å². The third-order valence-electron chi connectivity index (χ3n) is 4.55. The predicted molar refractivity (Wildman–Crippen MR) is 61.7 cm³/mol. The van der Waals surface area contributed by atoms with E-state index in [1.165, 1.54) is 25.7 Å². The zero-order chi connectivity index (χ0) is 11.0. The van der Waals surface area contributed by atoms with Crippen molar-refractivity contribution in [2.24, 2.45) is 17.8 Å². The van der Waals surface area contributed by atoms with E-state index >= 15 is 0 Å². The molecular weight excluding hydrogens is 200 g/mol. The van der Waals surface area contributed by atoms with Crippen LogP contribution in [0, 0.1) is 17.8 Å². The number of hydrogen-bond donors (Lipinski definition) is 1. The maximum Gasteiger partial charge on any atom is 0.128 e. The van der Waals surface area contributed by atoms with Crippen molar-refractivity contribution in [3.8, 4) is 0 Å². The smallest absolute Gasteiger partial charge is 0.128 e. The molecule has 16 heavy (non-hydrogen) atoms. The highest BCUT2D eigenvalue weighted by Crippen LogP contribution is 2.49. The van der Waals surface area contributed by atoms with E-state index < -0.39 is 0 Å². The van der Waals surface area contributed by atoms with Gasteiger partial charge in [0.2, 0.25) is 0 Å².